The molecule has 1 rings (SSSR count). The molecular formula is C11H19O. The van der Waals surface area contributed by atoms with Gasteiger partial charge in [0.15, 0.2) is 0 Å². The number of hydrogen-bond acceptors (Lipinski definition) is 1. The maximum atomic E-state index is 5.36. The summed E-state index contributed by atoms with van der Waals surface area (Å²) in [7, 11) is 0. The second-order valence-electron chi connectivity index (χ2n) is 3.69. The van der Waals surface area contributed by atoms with Gasteiger partial charge >= 0.3 is 0 Å². The van der Waals surface area contributed by atoms with Crippen molar-refractivity contribution in [3.8, 4) is 0 Å². The molecule has 0 aromatic rings. The number of rotatable bonds is 3. The maximum Gasteiger partial charge on any atom is 0.0901 e. The molecule has 1 aliphatic carbocycles. The van der Waals surface area contributed by atoms with E-state index in [4.69, 9.17) is 4.74 Å². The molecule has 12 heavy (non-hydrogen) atoms. The van der Waals surface area contributed by atoms with Crippen LogP contribution in [0.4, 0.5) is 0 Å². The number of ether oxygens (including phenoxy) is 1. The molecule has 69 valence electrons. The third-order valence-electron chi connectivity index (χ3n) is 2.53. The van der Waals surface area contributed by atoms with Crippen LogP contribution in [0.3, 0.4) is 0 Å². The molecule has 0 amide bonds. The Kier molecular flexibility index (Phi) is 4.20. The zero-order valence-electron chi connectivity index (χ0n) is 7.96. The van der Waals surface area contributed by atoms with E-state index in [0.29, 0.717) is 5.92 Å². The molecule has 1 saturated carbocycles. The zero-order valence-corrected chi connectivity index (χ0v) is 7.96. The van der Waals surface area contributed by atoms with Crippen molar-refractivity contribution in [1.29, 1.82) is 0 Å². The van der Waals surface area contributed by atoms with Crippen LogP contribution in [0.1, 0.15) is 32.6 Å². The minimum atomic E-state index is 0.697. The van der Waals surface area contributed by atoms with Crippen molar-refractivity contribution in [3.05, 3.63) is 19.3 Å². The first-order valence-electron chi connectivity index (χ1n) is 4.88. The normalized spacial score (nSPS) is 30.8. The second-order valence-corrected chi connectivity index (χ2v) is 3.69. The molecule has 0 aromatic heterocycles. The van der Waals surface area contributed by atoms with Crippen LogP contribution in [0.2, 0.25) is 0 Å². The maximum absolute atomic E-state index is 5.36. The average molecular weight is 167 g/mol. The molecule has 0 atom stereocenters. The van der Waals surface area contributed by atoms with E-state index >= 15 is 0 Å². The Morgan fingerprint density at radius 3 is 2.58 bits per heavy atom. The highest BCUT2D eigenvalue weighted by Crippen LogP contribution is 2.27. The van der Waals surface area contributed by atoms with Crippen LogP contribution in [-0.2, 0) is 4.74 Å². The van der Waals surface area contributed by atoms with E-state index in [1.807, 2.05) is 13.0 Å². The summed E-state index contributed by atoms with van der Waals surface area (Å²) in [5, 5.41) is 0. The molecule has 1 radical (unpaired) electrons. The van der Waals surface area contributed by atoms with Gasteiger partial charge in [-0.25, -0.2) is 0 Å². The van der Waals surface area contributed by atoms with Crippen molar-refractivity contribution in [2.75, 3.05) is 6.61 Å². The van der Waals surface area contributed by atoms with Gasteiger partial charge in [-0.1, -0.05) is 25.8 Å². The van der Waals surface area contributed by atoms with Crippen molar-refractivity contribution < 1.29 is 4.74 Å². The molecule has 0 spiro atoms. The van der Waals surface area contributed by atoms with Gasteiger partial charge in [0.25, 0.3) is 0 Å². The predicted octanol–water partition coefficient (Wildman–Crippen LogP) is 3.18. The van der Waals surface area contributed by atoms with Crippen LogP contribution in [0.25, 0.3) is 0 Å². The molecular weight excluding hydrogens is 148 g/mol. The fourth-order valence-electron chi connectivity index (χ4n) is 1.69. The molecule has 1 fully saturated rings. The largest absolute Gasteiger partial charge is 0.501 e. The molecule has 1 heteroatoms. The molecule has 0 heterocycles. The van der Waals surface area contributed by atoms with Gasteiger partial charge in [0.05, 0.1) is 12.9 Å². The van der Waals surface area contributed by atoms with Crippen LogP contribution in [-0.4, -0.2) is 6.61 Å². The lowest BCUT2D eigenvalue weighted by atomic mass is 9.83. The van der Waals surface area contributed by atoms with Gasteiger partial charge in [-0.05, 0) is 31.6 Å². The summed E-state index contributed by atoms with van der Waals surface area (Å²) >= 11 is 0. The van der Waals surface area contributed by atoms with Crippen molar-refractivity contribution in [1.82, 2.24) is 0 Å². The molecule has 0 bridgehead atoms. The summed E-state index contributed by atoms with van der Waals surface area (Å²) < 4.78 is 5.36. The standard InChI is InChI=1S/C11H19O/c1-3-8-12-9-11-6-4-10(2)5-7-11/h3,8,10-11H,2,4-7,9H2,1H3. The topological polar surface area (TPSA) is 9.23 Å². The Hall–Kier alpha value is -0.460. The third-order valence-corrected chi connectivity index (χ3v) is 2.53. The van der Waals surface area contributed by atoms with E-state index in [-0.39, 0.29) is 0 Å². The average Bonchev–Trinajstić information content (AvgIpc) is 2.09. The number of hydrogen-bond donors (Lipinski definition) is 0. The Morgan fingerprint density at radius 1 is 1.33 bits per heavy atom. The smallest absolute Gasteiger partial charge is 0.0901 e. The highest BCUT2D eigenvalue weighted by molar-refractivity contribution is 4.74. The molecule has 0 unspecified atom stereocenters. The van der Waals surface area contributed by atoms with Crippen LogP contribution in [0.15, 0.2) is 12.3 Å². The summed E-state index contributed by atoms with van der Waals surface area (Å²) in [4.78, 5) is 0. The minimum Gasteiger partial charge on any atom is -0.501 e. The van der Waals surface area contributed by atoms with E-state index in [2.05, 4.69) is 6.92 Å². The van der Waals surface area contributed by atoms with Gasteiger partial charge < -0.3 is 4.74 Å². The SMILES string of the molecule is [CH2]C1CCC(COC=CC)CC1. The van der Waals surface area contributed by atoms with Gasteiger partial charge in [0.1, 0.15) is 0 Å². The number of allylic oxidation sites excluding steroid dienone is 1. The Labute approximate surface area is 75.8 Å². The van der Waals surface area contributed by atoms with Crippen LogP contribution < -0.4 is 0 Å². The van der Waals surface area contributed by atoms with E-state index in [1.165, 1.54) is 25.7 Å². The molecule has 0 aliphatic heterocycles. The van der Waals surface area contributed by atoms with Crippen molar-refractivity contribution in [3.63, 3.8) is 0 Å². The highest BCUT2D eigenvalue weighted by atomic mass is 16.5. The lowest BCUT2D eigenvalue weighted by Crippen LogP contribution is -2.16. The van der Waals surface area contributed by atoms with Crippen LogP contribution in [0.5, 0.6) is 0 Å². The van der Waals surface area contributed by atoms with E-state index in [9.17, 15) is 0 Å². The van der Waals surface area contributed by atoms with Gasteiger partial charge in [-0.15, -0.1) is 0 Å². The Morgan fingerprint density at radius 2 is 2.00 bits per heavy atom. The first-order chi connectivity index (χ1) is 5.83. The van der Waals surface area contributed by atoms with E-state index in [0.717, 1.165) is 12.5 Å². The van der Waals surface area contributed by atoms with Gasteiger partial charge in [-0.2, -0.15) is 0 Å². The van der Waals surface area contributed by atoms with Crippen LogP contribution >= 0.6 is 0 Å². The third kappa shape index (κ3) is 3.29. The predicted molar refractivity (Wildman–Crippen MR) is 51.6 cm³/mol. The molecule has 0 saturated heterocycles. The van der Waals surface area contributed by atoms with Gasteiger partial charge in [-0.3, -0.25) is 0 Å². The summed E-state index contributed by atoms with van der Waals surface area (Å²) in [6.45, 7) is 6.95. The molecule has 0 N–H and O–H groups in total. The van der Waals surface area contributed by atoms with Gasteiger partial charge in [0, 0.05) is 0 Å². The first kappa shape index (κ1) is 9.63. The molecule has 1 aliphatic rings. The summed E-state index contributed by atoms with van der Waals surface area (Å²) in [6, 6.07) is 0. The van der Waals surface area contributed by atoms with Gasteiger partial charge in [0.2, 0.25) is 0 Å². The second kappa shape index (κ2) is 5.23. The summed E-state index contributed by atoms with van der Waals surface area (Å²) in [5.74, 6) is 1.47. The van der Waals surface area contributed by atoms with Crippen molar-refractivity contribution in [2.45, 2.75) is 32.6 Å². The Balaban J connectivity index is 2.09. The molecule has 0 aromatic carbocycles. The quantitative estimate of drug-likeness (QED) is 0.587. The van der Waals surface area contributed by atoms with E-state index in [1.54, 1.807) is 6.26 Å². The first-order valence-corrected chi connectivity index (χ1v) is 4.88. The molecule has 1 nitrogen and oxygen atoms in total. The Bertz CT molecular complexity index is 132. The van der Waals surface area contributed by atoms with Crippen molar-refractivity contribution >= 4 is 0 Å². The fourth-order valence-corrected chi connectivity index (χ4v) is 1.69. The van der Waals surface area contributed by atoms with Crippen molar-refractivity contribution in [2.24, 2.45) is 11.8 Å². The summed E-state index contributed by atoms with van der Waals surface area (Å²) in [6.07, 6.45) is 8.88. The minimum absolute atomic E-state index is 0.697. The summed E-state index contributed by atoms with van der Waals surface area (Å²) in [5.41, 5.74) is 0. The lowest BCUT2D eigenvalue weighted by molar-refractivity contribution is 0.155. The van der Waals surface area contributed by atoms with Crippen LogP contribution in [0, 0.1) is 18.8 Å². The zero-order chi connectivity index (χ0) is 8.81. The monoisotopic (exact) mass is 167 g/mol. The lowest BCUT2D eigenvalue weighted by Gasteiger charge is -2.25. The van der Waals surface area contributed by atoms with E-state index < -0.39 is 0 Å². The highest BCUT2D eigenvalue weighted by Gasteiger charge is 2.17. The fraction of sp³-hybridized carbons (Fsp3) is 0.727.